The normalized spacial score (nSPS) is 19.2. The molecule has 1 aliphatic rings. The molecular weight excluding hydrogens is 415 g/mol. The zero-order valence-electron chi connectivity index (χ0n) is 16.7. The van der Waals surface area contributed by atoms with Crippen LogP contribution in [-0.2, 0) is 0 Å². The van der Waals surface area contributed by atoms with Crippen molar-refractivity contribution >= 4 is 29.4 Å². The van der Waals surface area contributed by atoms with E-state index in [-0.39, 0.29) is 34.6 Å². The Labute approximate surface area is 177 Å². The van der Waals surface area contributed by atoms with Gasteiger partial charge in [0.25, 0.3) is 5.91 Å². The number of hydrogen-bond donors (Lipinski definition) is 2. The molecule has 6 nitrogen and oxygen atoms in total. The number of amides is 1. The first kappa shape index (κ1) is 22.2. The second-order valence-electron chi connectivity index (χ2n) is 7.37. The standard InChI is InChI=1S/C20H24F3N5OS/c1-28(2)17-11-12-24-19(27-17)26-15-7-5-14(6-8-15)25-18(29)13-3-9-16(10-4-13)30-20(21,22)23/h3-4,9-12,14-15H,5-8H2,1-2H3,(H,25,29)(H,24,26,27)/t14-,15+. The molecule has 0 saturated heterocycles. The Morgan fingerprint density at radius 2 is 1.70 bits per heavy atom. The highest BCUT2D eigenvalue weighted by molar-refractivity contribution is 8.00. The molecule has 1 amide bonds. The zero-order chi connectivity index (χ0) is 21.7. The van der Waals surface area contributed by atoms with E-state index in [9.17, 15) is 18.0 Å². The minimum Gasteiger partial charge on any atom is -0.363 e. The third-order valence-corrected chi connectivity index (χ3v) is 5.58. The summed E-state index contributed by atoms with van der Waals surface area (Å²) in [4.78, 5) is 23.1. The summed E-state index contributed by atoms with van der Waals surface area (Å²) < 4.78 is 37.2. The largest absolute Gasteiger partial charge is 0.446 e. The topological polar surface area (TPSA) is 70.2 Å². The lowest BCUT2D eigenvalue weighted by Gasteiger charge is -2.29. The maximum atomic E-state index is 12.4. The molecule has 1 aromatic heterocycles. The fourth-order valence-corrected chi connectivity index (χ4v) is 3.85. The number of nitrogens with zero attached hydrogens (tertiary/aromatic N) is 3. The predicted octanol–water partition coefficient (Wildman–Crippen LogP) is 4.31. The number of aromatic nitrogens is 2. The Balaban J connectivity index is 1.47. The van der Waals surface area contributed by atoms with Crippen LogP contribution >= 0.6 is 11.8 Å². The van der Waals surface area contributed by atoms with Crippen molar-refractivity contribution in [2.24, 2.45) is 0 Å². The van der Waals surface area contributed by atoms with Crippen LogP contribution in [0.2, 0.25) is 0 Å². The van der Waals surface area contributed by atoms with Crippen LogP contribution in [0.1, 0.15) is 36.0 Å². The highest BCUT2D eigenvalue weighted by atomic mass is 32.2. The van der Waals surface area contributed by atoms with Crippen LogP contribution in [-0.4, -0.2) is 47.6 Å². The van der Waals surface area contributed by atoms with Crippen LogP contribution in [0.5, 0.6) is 0 Å². The lowest BCUT2D eigenvalue weighted by Crippen LogP contribution is -2.40. The molecule has 1 fully saturated rings. The van der Waals surface area contributed by atoms with Gasteiger partial charge in [0.1, 0.15) is 5.82 Å². The summed E-state index contributed by atoms with van der Waals surface area (Å²) in [5.74, 6) is 1.15. The summed E-state index contributed by atoms with van der Waals surface area (Å²) >= 11 is -0.192. The molecular formula is C20H24F3N5OS. The Kier molecular flexibility index (Phi) is 7.06. The van der Waals surface area contributed by atoms with E-state index < -0.39 is 5.51 Å². The highest BCUT2D eigenvalue weighted by Crippen LogP contribution is 2.36. The van der Waals surface area contributed by atoms with Gasteiger partial charge >= 0.3 is 5.51 Å². The molecule has 1 aliphatic carbocycles. The second-order valence-corrected chi connectivity index (χ2v) is 8.51. The molecule has 1 aromatic carbocycles. The van der Waals surface area contributed by atoms with E-state index in [2.05, 4.69) is 20.6 Å². The molecule has 0 spiro atoms. The number of carbonyl (C=O) groups excluding carboxylic acids is 1. The van der Waals surface area contributed by atoms with Gasteiger partial charge in [-0.05, 0) is 67.8 Å². The Morgan fingerprint density at radius 1 is 1.07 bits per heavy atom. The molecule has 162 valence electrons. The number of carbonyl (C=O) groups is 1. The number of benzene rings is 1. The van der Waals surface area contributed by atoms with Crippen molar-refractivity contribution in [3.63, 3.8) is 0 Å². The van der Waals surface area contributed by atoms with E-state index >= 15 is 0 Å². The Hall–Kier alpha value is -2.49. The Morgan fingerprint density at radius 3 is 2.30 bits per heavy atom. The molecule has 0 aliphatic heterocycles. The van der Waals surface area contributed by atoms with E-state index in [1.165, 1.54) is 24.3 Å². The van der Waals surface area contributed by atoms with Crippen LogP contribution < -0.4 is 15.5 Å². The van der Waals surface area contributed by atoms with Crippen molar-refractivity contribution in [1.29, 1.82) is 0 Å². The summed E-state index contributed by atoms with van der Waals surface area (Å²) in [6.45, 7) is 0. The van der Waals surface area contributed by atoms with Gasteiger partial charge in [0.05, 0.1) is 0 Å². The molecule has 0 bridgehead atoms. The summed E-state index contributed by atoms with van der Waals surface area (Å²) in [6, 6.07) is 7.58. The summed E-state index contributed by atoms with van der Waals surface area (Å²) in [7, 11) is 3.84. The predicted molar refractivity (Wildman–Crippen MR) is 112 cm³/mol. The van der Waals surface area contributed by atoms with E-state index in [1.807, 2.05) is 25.1 Å². The van der Waals surface area contributed by atoms with Crippen LogP contribution in [0.4, 0.5) is 24.9 Å². The van der Waals surface area contributed by atoms with Crippen LogP contribution in [0.3, 0.4) is 0 Å². The average Bonchev–Trinajstić information content (AvgIpc) is 2.69. The van der Waals surface area contributed by atoms with Crippen molar-refractivity contribution in [3.05, 3.63) is 42.1 Å². The third-order valence-electron chi connectivity index (χ3n) is 4.84. The number of anilines is 2. The minimum atomic E-state index is -4.34. The average molecular weight is 440 g/mol. The molecule has 0 atom stereocenters. The third kappa shape index (κ3) is 6.51. The van der Waals surface area contributed by atoms with Crippen molar-refractivity contribution in [3.8, 4) is 0 Å². The van der Waals surface area contributed by atoms with Gasteiger partial charge in [0.2, 0.25) is 5.95 Å². The van der Waals surface area contributed by atoms with E-state index in [1.54, 1.807) is 6.20 Å². The quantitative estimate of drug-likeness (QED) is 0.654. The first-order valence-corrected chi connectivity index (χ1v) is 10.4. The summed E-state index contributed by atoms with van der Waals surface area (Å²) in [5, 5.41) is 6.33. The van der Waals surface area contributed by atoms with Crippen molar-refractivity contribution in [2.75, 3.05) is 24.3 Å². The molecule has 30 heavy (non-hydrogen) atoms. The van der Waals surface area contributed by atoms with Crippen LogP contribution in [0, 0.1) is 0 Å². The minimum absolute atomic E-state index is 0.0359. The van der Waals surface area contributed by atoms with Crippen molar-refractivity contribution in [2.45, 2.75) is 48.2 Å². The molecule has 3 rings (SSSR count). The highest BCUT2D eigenvalue weighted by Gasteiger charge is 2.29. The molecule has 2 aromatic rings. The summed E-state index contributed by atoms with van der Waals surface area (Å²) in [5.41, 5.74) is -3.98. The van der Waals surface area contributed by atoms with Crippen molar-refractivity contribution in [1.82, 2.24) is 15.3 Å². The fraction of sp³-hybridized carbons (Fsp3) is 0.450. The number of thioether (sulfide) groups is 1. The first-order chi connectivity index (χ1) is 14.2. The Bertz CT molecular complexity index is 852. The van der Waals surface area contributed by atoms with Crippen molar-refractivity contribution < 1.29 is 18.0 Å². The van der Waals surface area contributed by atoms with Gasteiger partial charge in [-0.3, -0.25) is 4.79 Å². The lowest BCUT2D eigenvalue weighted by molar-refractivity contribution is -0.0328. The number of nitrogens with one attached hydrogen (secondary N) is 2. The smallest absolute Gasteiger partial charge is 0.363 e. The maximum Gasteiger partial charge on any atom is 0.446 e. The SMILES string of the molecule is CN(C)c1ccnc(N[C@H]2CC[C@@H](NC(=O)c3ccc(SC(F)(F)F)cc3)CC2)n1. The number of alkyl halides is 3. The van der Waals surface area contributed by atoms with Crippen LogP contribution in [0.25, 0.3) is 0 Å². The molecule has 10 heteroatoms. The van der Waals surface area contributed by atoms with Gasteiger partial charge in [-0.15, -0.1) is 0 Å². The number of hydrogen-bond acceptors (Lipinski definition) is 6. The van der Waals surface area contributed by atoms with Gasteiger partial charge in [-0.25, -0.2) is 4.98 Å². The van der Waals surface area contributed by atoms with Gasteiger partial charge < -0.3 is 15.5 Å². The summed E-state index contributed by atoms with van der Waals surface area (Å²) in [6.07, 6.45) is 5.05. The molecule has 1 heterocycles. The van der Waals surface area contributed by atoms with Gasteiger partial charge in [-0.1, -0.05) is 0 Å². The van der Waals surface area contributed by atoms with E-state index in [4.69, 9.17) is 0 Å². The molecule has 1 saturated carbocycles. The monoisotopic (exact) mass is 439 g/mol. The van der Waals surface area contributed by atoms with Gasteiger partial charge in [0, 0.05) is 42.8 Å². The van der Waals surface area contributed by atoms with Crippen LogP contribution in [0.15, 0.2) is 41.4 Å². The first-order valence-electron chi connectivity index (χ1n) is 9.63. The second kappa shape index (κ2) is 9.55. The van der Waals surface area contributed by atoms with E-state index in [0.29, 0.717) is 11.5 Å². The fourth-order valence-electron chi connectivity index (χ4n) is 3.31. The van der Waals surface area contributed by atoms with Gasteiger partial charge in [-0.2, -0.15) is 18.2 Å². The zero-order valence-corrected chi connectivity index (χ0v) is 17.6. The number of halogens is 3. The van der Waals surface area contributed by atoms with E-state index in [0.717, 1.165) is 31.5 Å². The lowest BCUT2D eigenvalue weighted by atomic mass is 9.91. The molecule has 0 unspecified atom stereocenters. The number of rotatable bonds is 6. The maximum absolute atomic E-state index is 12.4. The molecule has 0 radical (unpaired) electrons. The molecule has 2 N–H and O–H groups in total. The van der Waals surface area contributed by atoms with Gasteiger partial charge in [0.15, 0.2) is 0 Å².